The van der Waals surface area contributed by atoms with Crippen molar-refractivity contribution >= 4 is 18.2 Å². The number of ether oxygens (including phenoxy) is 2. The summed E-state index contributed by atoms with van der Waals surface area (Å²) in [5.74, 6) is -1.51. The number of halogens is 1. The molecule has 0 unspecified atom stereocenters. The van der Waals surface area contributed by atoms with Gasteiger partial charge in [-0.25, -0.2) is 4.39 Å². The average molecular weight is 347 g/mol. The van der Waals surface area contributed by atoms with Gasteiger partial charge in [-0.1, -0.05) is 12.1 Å². The molecule has 0 aromatic heterocycles. The summed E-state index contributed by atoms with van der Waals surface area (Å²) in [5.41, 5.74) is -1.44. The summed E-state index contributed by atoms with van der Waals surface area (Å²) in [7, 11) is 1.29. The normalized spacial score (nSPS) is 16.4. The number of alkyl halides is 1. The zero-order chi connectivity index (χ0) is 19.1. The Bertz CT molecular complexity index is 451. The van der Waals surface area contributed by atoms with Crippen LogP contribution in [0.15, 0.2) is 5.16 Å². The van der Waals surface area contributed by atoms with Crippen molar-refractivity contribution in [3.05, 3.63) is 0 Å². The van der Waals surface area contributed by atoms with Crippen molar-refractivity contribution < 1.29 is 28.3 Å². The van der Waals surface area contributed by atoms with Gasteiger partial charge in [0, 0.05) is 5.92 Å². The number of rotatable bonds is 7. The van der Waals surface area contributed by atoms with Crippen LogP contribution < -0.4 is 0 Å². The Morgan fingerprint density at radius 3 is 2.00 bits per heavy atom. The van der Waals surface area contributed by atoms with Gasteiger partial charge in [-0.15, -0.1) is 0 Å². The highest BCUT2D eigenvalue weighted by molar-refractivity contribution is 5.76. The third-order valence-electron chi connectivity index (χ3n) is 3.13. The van der Waals surface area contributed by atoms with E-state index in [0.29, 0.717) is 0 Å². The Morgan fingerprint density at radius 1 is 1.08 bits per heavy atom. The van der Waals surface area contributed by atoms with E-state index in [4.69, 9.17) is 9.47 Å². The molecule has 0 aliphatic carbocycles. The van der Waals surface area contributed by atoms with Gasteiger partial charge < -0.3 is 14.3 Å². The lowest BCUT2D eigenvalue weighted by Gasteiger charge is -2.29. The number of hydrogen-bond acceptors (Lipinski definition) is 6. The number of nitrogens with zero attached hydrogens (tertiary/aromatic N) is 1. The van der Waals surface area contributed by atoms with Crippen molar-refractivity contribution in [2.45, 2.75) is 60.7 Å². The maximum Gasteiger partial charge on any atom is 0.311 e. The van der Waals surface area contributed by atoms with E-state index in [2.05, 4.69) is 9.99 Å². The van der Waals surface area contributed by atoms with Gasteiger partial charge in [-0.05, 0) is 41.5 Å². The predicted molar refractivity (Wildman–Crippen MR) is 89.3 cm³/mol. The Balaban J connectivity index is 5.06. The van der Waals surface area contributed by atoms with Crippen molar-refractivity contribution in [2.24, 2.45) is 21.9 Å². The lowest BCUT2D eigenvalue weighted by Crippen LogP contribution is -2.41. The fraction of sp³-hybridized carbons (Fsp3) is 0.824. The largest absolute Gasteiger partial charge is 0.465 e. The van der Waals surface area contributed by atoms with E-state index in [1.165, 1.54) is 7.11 Å². The third kappa shape index (κ3) is 7.75. The monoisotopic (exact) mass is 347 g/mol. The maximum absolute atomic E-state index is 14.4. The Labute approximate surface area is 143 Å². The zero-order valence-corrected chi connectivity index (χ0v) is 15.9. The molecule has 0 rings (SSSR count). The summed E-state index contributed by atoms with van der Waals surface area (Å²) in [4.78, 5) is 28.4. The van der Waals surface area contributed by atoms with Gasteiger partial charge in [0.1, 0.15) is 13.2 Å². The summed E-state index contributed by atoms with van der Waals surface area (Å²) in [6.07, 6.45) is -1.90. The van der Waals surface area contributed by atoms with Crippen LogP contribution in [0, 0.1) is 16.7 Å². The molecule has 140 valence electrons. The molecular formula is C17H30FNO5. The van der Waals surface area contributed by atoms with Gasteiger partial charge in [-0.2, -0.15) is 0 Å². The summed E-state index contributed by atoms with van der Waals surface area (Å²) < 4.78 is 24.9. The Hall–Kier alpha value is -1.66. The number of esters is 2. The van der Waals surface area contributed by atoms with Crippen LogP contribution in [0.25, 0.3) is 0 Å². The minimum atomic E-state index is -1.68. The van der Waals surface area contributed by atoms with E-state index in [-0.39, 0.29) is 6.61 Å². The molecule has 0 aromatic rings. The van der Waals surface area contributed by atoms with Crippen LogP contribution in [0.4, 0.5) is 4.39 Å². The van der Waals surface area contributed by atoms with E-state index in [1.54, 1.807) is 48.5 Å². The summed E-state index contributed by atoms with van der Waals surface area (Å²) in [5, 5.41) is 3.38. The lowest BCUT2D eigenvalue weighted by atomic mass is 9.95. The topological polar surface area (TPSA) is 74.2 Å². The second-order valence-corrected chi connectivity index (χ2v) is 7.83. The summed E-state index contributed by atoms with van der Waals surface area (Å²) >= 11 is 0. The maximum atomic E-state index is 14.4. The van der Waals surface area contributed by atoms with Gasteiger partial charge in [0.25, 0.3) is 0 Å². The predicted octanol–water partition coefficient (Wildman–Crippen LogP) is 3.14. The zero-order valence-electron chi connectivity index (χ0n) is 15.9. The molecule has 0 spiro atoms. The molecule has 24 heavy (non-hydrogen) atoms. The lowest BCUT2D eigenvalue weighted by molar-refractivity contribution is -0.167. The second kappa shape index (κ2) is 8.99. The SMILES string of the molecule is CON=C[C@@H](F)[C@H](OC(=O)C(C)(C)C)[C@@H](C)COC(=O)C(C)(C)C. The van der Waals surface area contributed by atoms with Crippen LogP contribution in [0.1, 0.15) is 48.5 Å². The standard InChI is InChI=1S/C17H30FNO5/c1-11(10-23-14(20)16(2,3)4)13(12(18)9-19-22-8)24-15(21)17(5,6)7/h9,11-13H,10H2,1-8H3/t11-,12+,13+/m0/s1. The number of oxime groups is 1. The van der Waals surface area contributed by atoms with Gasteiger partial charge in [0.2, 0.25) is 0 Å². The highest BCUT2D eigenvalue weighted by Gasteiger charge is 2.35. The van der Waals surface area contributed by atoms with Gasteiger partial charge in [-0.3, -0.25) is 9.59 Å². The molecular weight excluding hydrogens is 317 g/mol. The first-order chi connectivity index (χ1) is 10.8. The van der Waals surface area contributed by atoms with Crippen molar-refractivity contribution in [1.82, 2.24) is 0 Å². The van der Waals surface area contributed by atoms with Crippen molar-refractivity contribution in [1.29, 1.82) is 0 Å². The Kier molecular flexibility index (Phi) is 8.37. The van der Waals surface area contributed by atoms with Crippen LogP contribution in [-0.2, 0) is 23.9 Å². The van der Waals surface area contributed by atoms with E-state index in [1.807, 2.05) is 0 Å². The molecule has 0 aliphatic heterocycles. The molecule has 3 atom stereocenters. The van der Waals surface area contributed by atoms with Gasteiger partial charge in [0.15, 0.2) is 6.17 Å². The van der Waals surface area contributed by atoms with Crippen molar-refractivity contribution in [3.63, 3.8) is 0 Å². The molecule has 0 aromatic carbocycles. The highest BCUT2D eigenvalue weighted by Crippen LogP contribution is 2.23. The van der Waals surface area contributed by atoms with Gasteiger partial charge in [0.05, 0.1) is 23.7 Å². The molecule has 7 heteroatoms. The summed E-state index contributed by atoms with van der Waals surface area (Å²) in [6.45, 7) is 11.8. The van der Waals surface area contributed by atoms with Crippen LogP contribution >= 0.6 is 0 Å². The third-order valence-corrected chi connectivity index (χ3v) is 3.13. The minimum absolute atomic E-state index is 0.0700. The molecule has 0 saturated carbocycles. The first-order valence-electron chi connectivity index (χ1n) is 7.89. The van der Waals surface area contributed by atoms with Crippen LogP contribution in [0.2, 0.25) is 0 Å². The van der Waals surface area contributed by atoms with Crippen LogP contribution in [-0.4, -0.2) is 44.1 Å². The minimum Gasteiger partial charge on any atom is -0.465 e. The fourth-order valence-electron chi connectivity index (χ4n) is 1.52. The molecule has 0 saturated heterocycles. The van der Waals surface area contributed by atoms with E-state index in [0.717, 1.165) is 6.21 Å². The number of hydrogen-bond donors (Lipinski definition) is 0. The second-order valence-electron chi connectivity index (χ2n) is 7.83. The number of carbonyl (C=O) groups is 2. The molecule has 6 nitrogen and oxygen atoms in total. The molecule has 0 radical (unpaired) electrons. The first-order valence-corrected chi connectivity index (χ1v) is 7.89. The molecule has 0 amide bonds. The van der Waals surface area contributed by atoms with Gasteiger partial charge >= 0.3 is 11.9 Å². The van der Waals surface area contributed by atoms with E-state index in [9.17, 15) is 14.0 Å². The fourth-order valence-corrected chi connectivity index (χ4v) is 1.52. The molecule has 0 heterocycles. The van der Waals surface area contributed by atoms with E-state index < -0.39 is 41.0 Å². The molecule has 0 fully saturated rings. The van der Waals surface area contributed by atoms with E-state index >= 15 is 0 Å². The van der Waals surface area contributed by atoms with Crippen molar-refractivity contribution in [2.75, 3.05) is 13.7 Å². The summed E-state index contributed by atoms with van der Waals surface area (Å²) in [6, 6.07) is 0. The molecule has 0 aliphatic rings. The average Bonchev–Trinajstić information content (AvgIpc) is 2.44. The molecule has 0 N–H and O–H groups in total. The quantitative estimate of drug-likeness (QED) is 0.402. The first kappa shape index (κ1) is 22.3. The van der Waals surface area contributed by atoms with Crippen LogP contribution in [0.5, 0.6) is 0 Å². The Morgan fingerprint density at radius 2 is 1.58 bits per heavy atom. The number of carbonyl (C=O) groups excluding carboxylic acids is 2. The highest BCUT2D eigenvalue weighted by atomic mass is 19.1. The van der Waals surface area contributed by atoms with Crippen molar-refractivity contribution in [3.8, 4) is 0 Å². The molecule has 0 bridgehead atoms. The van der Waals surface area contributed by atoms with Crippen LogP contribution in [0.3, 0.4) is 0 Å². The smallest absolute Gasteiger partial charge is 0.311 e.